The number of carbonyl (C=O) groups is 1. The topological polar surface area (TPSA) is 54.7 Å². The molecule has 1 amide bonds. The van der Waals surface area contributed by atoms with Gasteiger partial charge in [-0.15, -0.1) is 11.3 Å². The van der Waals surface area contributed by atoms with Gasteiger partial charge >= 0.3 is 0 Å². The predicted molar refractivity (Wildman–Crippen MR) is 94.2 cm³/mol. The van der Waals surface area contributed by atoms with Crippen molar-refractivity contribution in [2.75, 3.05) is 26.3 Å². The third-order valence-electron chi connectivity index (χ3n) is 4.17. The lowest BCUT2D eigenvalue weighted by Gasteiger charge is -2.25. The highest BCUT2D eigenvalue weighted by Crippen LogP contribution is 2.24. The second-order valence-corrected chi connectivity index (χ2v) is 7.00. The number of hydrogen-bond donors (Lipinski definition) is 1. The number of rotatable bonds is 7. The molecule has 1 fully saturated rings. The summed E-state index contributed by atoms with van der Waals surface area (Å²) in [4.78, 5) is 16.0. The van der Waals surface area contributed by atoms with E-state index in [-0.39, 0.29) is 11.9 Å². The molecule has 6 heteroatoms. The minimum Gasteiger partial charge on any atom is -0.467 e. The number of amides is 1. The fourth-order valence-corrected chi connectivity index (χ4v) is 3.68. The molecule has 2 aromatic heterocycles. The van der Waals surface area contributed by atoms with Gasteiger partial charge in [-0.05, 0) is 23.9 Å². The Morgan fingerprint density at radius 1 is 1.42 bits per heavy atom. The summed E-state index contributed by atoms with van der Waals surface area (Å²) in [5.41, 5.74) is 0.593. The first-order chi connectivity index (χ1) is 11.8. The molecular formula is C18H24N2O3S. The van der Waals surface area contributed by atoms with E-state index >= 15 is 0 Å². The number of thiophene rings is 1. The molecule has 1 atom stereocenters. The third kappa shape index (κ3) is 4.47. The van der Waals surface area contributed by atoms with Crippen molar-refractivity contribution in [3.63, 3.8) is 0 Å². The quantitative estimate of drug-likeness (QED) is 0.833. The van der Waals surface area contributed by atoms with Crippen LogP contribution in [0.1, 0.15) is 46.8 Å². The zero-order valence-electron chi connectivity index (χ0n) is 14.0. The van der Waals surface area contributed by atoms with E-state index < -0.39 is 0 Å². The molecular weight excluding hydrogens is 324 g/mol. The number of nitrogens with zero attached hydrogens (tertiary/aromatic N) is 1. The fourth-order valence-electron chi connectivity index (χ4n) is 2.87. The summed E-state index contributed by atoms with van der Waals surface area (Å²) in [5, 5.41) is 5.18. The smallest absolute Gasteiger partial charge is 0.255 e. The highest BCUT2D eigenvalue weighted by Gasteiger charge is 2.19. The zero-order valence-corrected chi connectivity index (χ0v) is 14.8. The van der Waals surface area contributed by atoms with Gasteiger partial charge in [0.15, 0.2) is 0 Å². The standard InChI is InChI=1S/C18H24N2O3S/c1-2-4-16(17-5-3-10-24-17)19-18(21)14-11-15(23-13-14)12-20-6-8-22-9-7-20/h3,5,10-11,13,16H,2,4,6-9,12H2,1H3,(H,19,21)/t16-/m0/s1. The molecule has 0 aliphatic carbocycles. The third-order valence-corrected chi connectivity index (χ3v) is 5.15. The number of furan rings is 1. The van der Waals surface area contributed by atoms with Crippen molar-refractivity contribution in [2.45, 2.75) is 32.4 Å². The first kappa shape index (κ1) is 17.2. The number of morpholine rings is 1. The molecule has 3 heterocycles. The Labute approximate surface area is 146 Å². The summed E-state index contributed by atoms with van der Waals surface area (Å²) in [6.07, 6.45) is 3.52. The maximum atomic E-state index is 12.5. The number of carbonyl (C=O) groups excluding carboxylic acids is 1. The Balaban J connectivity index is 1.60. The molecule has 2 aromatic rings. The summed E-state index contributed by atoms with van der Waals surface area (Å²) >= 11 is 1.68. The Morgan fingerprint density at radius 3 is 2.96 bits per heavy atom. The Morgan fingerprint density at radius 2 is 2.25 bits per heavy atom. The summed E-state index contributed by atoms with van der Waals surface area (Å²) in [7, 11) is 0. The van der Waals surface area contributed by atoms with Crippen molar-refractivity contribution in [2.24, 2.45) is 0 Å². The molecule has 1 saturated heterocycles. The summed E-state index contributed by atoms with van der Waals surface area (Å²) in [6, 6.07) is 6.01. The number of hydrogen-bond acceptors (Lipinski definition) is 5. The minimum atomic E-state index is -0.0705. The van der Waals surface area contributed by atoms with Gasteiger partial charge in [0.05, 0.1) is 31.4 Å². The lowest BCUT2D eigenvalue weighted by atomic mass is 10.1. The van der Waals surface area contributed by atoms with Crippen molar-refractivity contribution >= 4 is 17.2 Å². The van der Waals surface area contributed by atoms with Gasteiger partial charge in [-0.3, -0.25) is 9.69 Å². The van der Waals surface area contributed by atoms with Crippen molar-refractivity contribution < 1.29 is 13.9 Å². The van der Waals surface area contributed by atoms with E-state index in [0.29, 0.717) is 5.56 Å². The average molecular weight is 348 g/mol. The van der Waals surface area contributed by atoms with Crippen LogP contribution in [0, 0.1) is 0 Å². The normalized spacial score (nSPS) is 16.9. The van der Waals surface area contributed by atoms with Crippen LogP contribution in [-0.2, 0) is 11.3 Å². The Hall–Kier alpha value is -1.63. The largest absolute Gasteiger partial charge is 0.467 e. The second kappa shape index (κ2) is 8.46. The molecule has 0 saturated carbocycles. The van der Waals surface area contributed by atoms with E-state index in [4.69, 9.17) is 9.15 Å². The molecule has 0 radical (unpaired) electrons. The van der Waals surface area contributed by atoms with E-state index in [9.17, 15) is 4.79 Å². The van der Waals surface area contributed by atoms with Gasteiger partial charge in [0.25, 0.3) is 5.91 Å². The van der Waals surface area contributed by atoms with Crippen LogP contribution in [0.2, 0.25) is 0 Å². The second-order valence-electron chi connectivity index (χ2n) is 6.02. The highest BCUT2D eigenvalue weighted by molar-refractivity contribution is 7.10. The fraction of sp³-hybridized carbons (Fsp3) is 0.500. The maximum Gasteiger partial charge on any atom is 0.255 e. The van der Waals surface area contributed by atoms with Gasteiger partial charge in [0.2, 0.25) is 0 Å². The molecule has 1 aliphatic heterocycles. The van der Waals surface area contributed by atoms with E-state index in [1.54, 1.807) is 17.6 Å². The lowest BCUT2D eigenvalue weighted by molar-refractivity contribution is 0.0313. The van der Waals surface area contributed by atoms with Crippen LogP contribution in [0.15, 0.2) is 34.3 Å². The van der Waals surface area contributed by atoms with E-state index in [2.05, 4.69) is 23.2 Å². The first-order valence-corrected chi connectivity index (χ1v) is 9.36. The molecule has 5 nitrogen and oxygen atoms in total. The van der Waals surface area contributed by atoms with Gasteiger partial charge in [0.1, 0.15) is 12.0 Å². The molecule has 1 aliphatic rings. The maximum absolute atomic E-state index is 12.5. The van der Waals surface area contributed by atoms with Crippen LogP contribution in [0.4, 0.5) is 0 Å². The minimum absolute atomic E-state index is 0.0695. The summed E-state index contributed by atoms with van der Waals surface area (Å²) < 4.78 is 10.9. The molecule has 0 spiro atoms. The Bertz CT molecular complexity index is 632. The number of ether oxygens (including phenoxy) is 1. The van der Waals surface area contributed by atoms with Gasteiger partial charge in [0, 0.05) is 18.0 Å². The van der Waals surface area contributed by atoms with Crippen molar-refractivity contribution in [3.8, 4) is 0 Å². The lowest BCUT2D eigenvalue weighted by Crippen LogP contribution is -2.35. The molecule has 1 N–H and O–H groups in total. The molecule has 0 bridgehead atoms. The highest BCUT2D eigenvalue weighted by atomic mass is 32.1. The molecule has 3 rings (SSSR count). The monoisotopic (exact) mass is 348 g/mol. The SMILES string of the molecule is CCC[C@H](NC(=O)c1coc(CN2CCOCC2)c1)c1cccs1. The molecule has 130 valence electrons. The summed E-state index contributed by atoms with van der Waals surface area (Å²) in [5.74, 6) is 0.754. The van der Waals surface area contributed by atoms with Crippen LogP contribution < -0.4 is 5.32 Å². The van der Waals surface area contributed by atoms with Crippen LogP contribution >= 0.6 is 11.3 Å². The first-order valence-electron chi connectivity index (χ1n) is 8.48. The number of nitrogens with one attached hydrogen (secondary N) is 1. The van der Waals surface area contributed by atoms with Crippen molar-refractivity contribution in [1.29, 1.82) is 0 Å². The van der Waals surface area contributed by atoms with Crippen LogP contribution in [0.3, 0.4) is 0 Å². The van der Waals surface area contributed by atoms with Crippen LogP contribution in [0.25, 0.3) is 0 Å². The van der Waals surface area contributed by atoms with Gasteiger partial charge < -0.3 is 14.5 Å². The van der Waals surface area contributed by atoms with Crippen LogP contribution in [0.5, 0.6) is 0 Å². The van der Waals surface area contributed by atoms with E-state index in [0.717, 1.165) is 51.4 Å². The molecule has 0 aromatic carbocycles. The van der Waals surface area contributed by atoms with Gasteiger partial charge in [-0.25, -0.2) is 0 Å². The van der Waals surface area contributed by atoms with Crippen LogP contribution in [-0.4, -0.2) is 37.1 Å². The molecule has 0 unspecified atom stereocenters. The van der Waals surface area contributed by atoms with E-state index in [1.165, 1.54) is 4.88 Å². The van der Waals surface area contributed by atoms with E-state index in [1.807, 2.05) is 17.5 Å². The summed E-state index contributed by atoms with van der Waals surface area (Å²) in [6.45, 7) is 6.17. The Kier molecular flexibility index (Phi) is 6.07. The van der Waals surface area contributed by atoms with Gasteiger partial charge in [-0.1, -0.05) is 19.4 Å². The van der Waals surface area contributed by atoms with Crippen molar-refractivity contribution in [3.05, 3.63) is 46.0 Å². The van der Waals surface area contributed by atoms with Gasteiger partial charge in [-0.2, -0.15) is 0 Å². The average Bonchev–Trinajstić information content (AvgIpc) is 3.27. The molecule has 24 heavy (non-hydrogen) atoms. The van der Waals surface area contributed by atoms with Crippen molar-refractivity contribution in [1.82, 2.24) is 10.2 Å². The predicted octanol–water partition coefficient (Wildman–Crippen LogP) is 3.44. The zero-order chi connectivity index (χ0) is 16.8.